The number of likely N-dealkylation sites (N-methyl/N-ethyl adjacent to an activating group) is 1. The zero-order chi connectivity index (χ0) is 16.3. The number of hydrogen-bond acceptors (Lipinski definition) is 5. The molecule has 0 radical (unpaired) electrons. The van der Waals surface area contributed by atoms with Gasteiger partial charge in [-0.25, -0.2) is 12.8 Å². The Balaban J connectivity index is 2.28. The molecule has 0 N–H and O–H groups in total. The van der Waals surface area contributed by atoms with Crippen LogP contribution in [0.3, 0.4) is 0 Å². The number of nitrogens with zero attached hydrogens (tertiary/aromatic N) is 1. The first-order valence-corrected chi connectivity index (χ1v) is 8.22. The van der Waals surface area contributed by atoms with E-state index in [-0.39, 0.29) is 17.6 Å². The monoisotopic (exact) mass is 333 g/mol. The number of halogens is 1. The highest BCUT2D eigenvalue weighted by atomic mass is 32.2. The van der Waals surface area contributed by atoms with E-state index in [0.717, 1.165) is 12.1 Å². The SMILES string of the molecule is CO[C@H]1[C@H](N(C)S(=O)(=O)c2ccc(F)cc2)COC[C@H]1OC. The predicted octanol–water partition coefficient (Wildman–Crippen LogP) is 0.875. The summed E-state index contributed by atoms with van der Waals surface area (Å²) in [5, 5.41) is 0. The number of ether oxygens (including phenoxy) is 3. The first-order chi connectivity index (χ1) is 10.4. The molecule has 1 aliphatic heterocycles. The minimum absolute atomic E-state index is 0.0193. The number of benzene rings is 1. The first kappa shape index (κ1) is 17.3. The Hall–Kier alpha value is -1.06. The van der Waals surface area contributed by atoms with E-state index in [2.05, 4.69) is 0 Å². The van der Waals surface area contributed by atoms with E-state index in [4.69, 9.17) is 14.2 Å². The van der Waals surface area contributed by atoms with E-state index in [0.29, 0.717) is 6.61 Å². The van der Waals surface area contributed by atoms with Gasteiger partial charge in [0.25, 0.3) is 0 Å². The topological polar surface area (TPSA) is 65.1 Å². The summed E-state index contributed by atoms with van der Waals surface area (Å²) in [5.74, 6) is -0.489. The molecular formula is C14H20FNO5S. The Morgan fingerprint density at radius 1 is 1.18 bits per heavy atom. The summed E-state index contributed by atoms with van der Waals surface area (Å²) in [5.41, 5.74) is 0. The van der Waals surface area contributed by atoms with E-state index in [1.807, 2.05) is 0 Å². The lowest BCUT2D eigenvalue weighted by Gasteiger charge is -2.40. The molecule has 1 aromatic carbocycles. The molecule has 0 amide bonds. The van der Waals surface area contributed by atoms with Crippen LogP contribution in [0.5, 0.6) is 0 Å². The molecule has 0 unspecified atom stereocenters. The Morgan fingerprint density at radius 3 is 2.36 bits per heavy atom. The van der Waals surface area contributed by atoms with Crippen molar-refractivity contribution in [1.82, 2.24) is 4.31 Å². The van der Waals surface area contributed by atoms with Crippen molar-refractivity contribution in [3.63, 3.8) is 0 Å². The van der Waals surface area contributed by atoms with Crippen LogP contribution in [0.1, 0.15) is 0 Å². The van der Waals surface area contributed by atoms with Gasteiger partial charge in [0.1, 0.15) is 18.0 Å². The second-order valence-corrected chi connectivity index (χ2v) is 7.05. The summed E-state index contributed by atoms with van der Waals surface area (Å²) in [6.07, 6.45) is -0.798. The number of rotatable bonds is 5. The molecular weight excluding hydrogens is 313 g/mol. The van der Waals surface area contributed by atoms with Crippen molar-refractivity contribution in [3.05, 3.63) is 30.1 Å². The smallest absolute Gasteiger partial charge is 0.243 e. The molecule has 1 aliphatic rings. The van der Waals surface area contributed by atoms with Gasteiger partial charge in [-0.2, -0.15) is 4.31 Å². The van der Waals surface area contributed by atoms with Crippen LogP contribution in [0.2, 0.25) is 0 Å². The van der Waals surface area contributed by atoms with Crippen molar-refractivity contribution < 1.29 is 27.0 Å². The summed E-state index contributed by atoms with van der Waals surface area (Å²) in [6, 6.07) is 4.17. The third kappa shape index (κ3) is 3.31. The molecule has 1 heterocycles. The minimum Gasteiger partial charge on any atom is -0.377 e. The Labute approximate surface area is 129 Å². The molecule has 0 spiro atoms. The van der Waals surface area contributed by atoms with Gasteiger partial charge in [-0.15, -0.1) is 0 Å². The van der Waals surface area contributed by atoms with Crippen LogP contribution in [-0.4, -0.2) is 65.5 Å². The summed E-state index contributed by atoms with van der Waals surface area (Å²) >= 11 is 0. The molecule has 124 valence electrons. The van der Waals surface area contributed by atoms with Crippen LogP contribution < -0.4 is 0 Å². The van der Waals surface area contributed by atoms with Gasteiger partial charge in [-0.3, -0.25) is 0 Å². The second kappa shape index (κ2) is 7.01. The van der Waals surface area contributed by atoms with E-state index >= 15 is 0 Å². The number of methoxy groups -OCH3 is 2. The van der Waals surface area contributed by atoms with Gasteiger partial charge in [0, 0.05) is 21.3 Å². The van der Waals surface area contributed by atoms with Gasteiger partial charge in [-0.1, -0.05) is 0 Å². The Kier molecular flexibility index (Phi) is 5.51. The van der Waals surface area contributed by atoms with Crippen molar-refractivity contribution in [3.8, 4) is 0 Å². The van der Waals surface area contributed by atoms with Gasteiger partial charge in [0.2, 0.25) is 10.0 Å². The van der Waals surface area contributed by atoms with Crippen LogP contribution >= 0.6 is 0 Å². The zero-order valence-electron chi connectivity index (χ0n) is 12.7. The van der Waals surface area contributed by atoms with Gasteiger partial charge < -0.3 is 14.2 Å². The average molecular weight is 333 g/mol. The van der Waals surface area contributed by atoms with E-state index in [1.54, 1.807) is 0 Å². The predicted molar refractivity (Wildman–Crippen MR) is 77.5 cm³/mol. The molecule has 0 aromatic heterocycles. The summed E-state index contributed by atoms with van der Waals surface area (Å²) in [7, 11) is 0.708. The van der Waals surface area contributed by atoms with Crippen LogP contribution in [0.25, 0.3) is 0 Å². The number of sulfonamides is 1. The second-order valence-electron chi connectivity index (χ2n) is 5.05. The van der Waals surface area contributed by atoms with Crippen molar-refractivity contribution in [2.45, 2.75) is 23.1 Å². The van der Waals surface area contributed by atoms with Crippen LogP contribution in [0, 0.1) is 5.82 Å². The summed E-state index contributed by atoms with van der Waals surface area (Å²) in [4.78, 5) is 0.0193. The van der Waals surface area contributed by atoms with E-state index in [1.165, 1.54) is 37.7 Å². The van der Waals surface area contributed by atoms with Gasteiger partial charge in [-0.05, 0) is 24.3 Å². The number of hydrogen-bond donors (Lipinski definition) is 0. The maximum atomic E-state index is 13.0. The molecule has 0 bridgehead atoms. The van der Waals surface area contributed by atoms with Crippen LogP contribution in [0.4, 0.5) is 4.39 Å². The lowest BCUT2D eigenvalue weighted by atomic mass is 10.0. The highest BCUT2D eigenvalue weighted by Gasteiger charge is 2.41. The third-order valence-corrected chi connectivity index (χ3v) is 5.75. The Bertz CT molecular complexity index is 592. The fourth-order valence-corrected chi connectivity index (χ4v) is 3.87. The quantitative estimate of drug-likeness (QED) is 0.800. The molecule has 1 fully saturated rings. The fourth-order valence-electron chi connectivity index (χ4n) is 2.52. The lowest BCUT2D eigenvalue weighted by Crippen LogP contribution is -2.57. The maximum absolute atomic E-state index is 13.0. The van der Waals surface area contributed by atoms with Crippen molar-refractivity contribution >= 4 is 10.0 Å². The minimum atomic E-state index is -3.78. The molecule has 0 aliphatic carbocycles. The standard InChI is InChI=1S/C14H20FNO5S/c1-16(12-8-21-9-13(19-2)14(12)20-3)22(17,18)11-6-4-10(15)5-7-11/h4-7,12-14H,8-9H2,1-3H3/t12-,13-,14+/m1/s1. The normalized spacial score (nSPS) is 26.3. The summed E-state index contributed by atoms with van der Waals surface area (Å²) in [6.45, 7) is 0.547. The van der Waals surface area contributed by atoms with Crippen molar-refractivity contribution in [1.29, 1.82) is 0 Å². The average Bonchev–Trinajstić information content (AvgIpc) is 2.53. The summed E-state index contributed by atoms with van der Waals surface area (Å²) < 4.78 is 55.6. The molecule has 3 atom stereocenters. The van der Waals surface area contributed by atoms with Gasteiger partial charge in [0.15, 0.2) is 0 Å². The molecule has 1 saturated heterocycles. The van der Waals surface area contributed by atoms with E-state index in [9.17, 15) is 12.8 Å². The fraction of sp³-hybridized carbons (Fsp3) is 0.571. The molecule has 6 nitrogen and oxygen atoms in total. The highest BCUT2D eigenvalue weighted by Crippen LogP contribution is 2.24. The van der Waals surface area contributed by atoms with Crippen LogP contribution in [-0.2, 0) is 24.2 Å². The van der Waals surface area contributed by atoms with Crippen molar-refractivity contribution in [2.75, 3.05) is 34.5 Å². The van der Waals surface area contributed by atoms with Gasteiger partial charge in [0.05, 0.1) is 24.2 Å². The molecule has 2 rings (SSSR count). The first-order valence-electron chi connectivity index (χ1n) is 6.78. The molecule has 22 heavy (non-hydrogen) atoms. The Morgan fingerprint density at radius 2 is 1.82 bits per heavy atom. The lowest BCUT2D eigenvalue weighted by molar-refractivity contribution is -0.142. The zero-order valence-corrected chi connectivity index (χ0v) is 13.5. The molecule has 1 aromatic rings. The van der Waals surface area contributed by atoms with Gasteiger partial charge >= 0.3 is 0 Å². The van der Waals surface area contributed by atoms with E-state index < -0.39 is 28.0 Å². The van der Waals surface area contributed by atoms with Crippen molar-refractivity contribution in [2.24, 2.45) is 0 Å². The third-order valence-electron chi connectivity index (χ3n) is 3.85. The largest absolute Gasteiger partial charge is 0.377 e. The maximum Gasteiger partial charge on any atom is 0.243 e. The van der Waals surface area contributed by atoms with Crippen LogP contribution in [0.15, 0.2) is 29.2 Å². The molecule has 0 saturated carbocycles. The molecule has 8 heteroatoms. The highest BCUT2D eigenvalue weighted by molar-refractivity contribution is 7.89.